The van der Waals surface area contributed by atoms with Crippen LogP contribution in [0.2, 0.25) is 0 Å². The van der Waals surface area contributed by atoms with Gasteiger partial charge in [0.15, 0.2) is 0 Å². The van der Waals surface area contributed by atoms with E-state index in [1.165, 1.54) is 19.3 Å². The topological polar surface area (TPSA) is 124 Å². The minimum Gasteiger partial charge on any atom is -0.382 e. The van der Waals surface area contributed by atoms with Crippen molar-refractivity contribution in [1.82, 2.24) is 20.5 Å². The van der Waals surface area contributed by atoms with E-state index < -0.39 is 6.04 Å². The van der Waals surface area contributed by atoms with Crippen molar-refractivity contribution in [2.24, 2.45) is 5.73 Å². The van der Waals surface area contributed by atoms with Crippen molar-refractivity contribution >= 4 is 17.6 Å². The molecule has 1 aliphatic heterocycles. The molecule has 0 aromatic carbocycles. The molecule has 2 amide bonds. The summed E-state index contributed by atoms with van der Waals surface area (Å²) >= 11 is 0. The van der Waals surface area contributed by atoms with E-state index in [1.807, 2.05) is 6.92 Å². The highest BCUT2D eigenvalue weighted by molar-refractivity contribution is 5.93. The first kappa shape index (κ1) is 21.2. The lowest BCUT2D eigenvalue weighted by Gasteiger charge is -2.30. The Morgan fingerprint density at radius 2 is 2.00 bits per heavy atom. The maximum absolute atomic E-state index is 13.0. The molecule has 5 N–H and O–H groups in total. The molecule has 8 nitrogen and oxygen atoms in total. The number of carbonyl (C=O) groups excluding carboxylic acids is 2. The molecule has 158 valence electrons. The highest BCUT2D eigenvalue weighted by Crippen LogP contribution is 2.21. The van der Waals surface area contributed by atoms with Gasteiger partial charge in [0.25, 0.3) is 0 Å². The standard InChI is InChI=1S/C21H32N6O2/c1-14(26-16-6-3-2-4-7-16)21(29)27-11-5-8-18(27)20(28)25-13-15-9-10-17(19(22)23)24-12-15/h9-10,12,14,16,18,26H,2-8,11,13H2,1H3,(H3,22,23)(H,25,28)/t14?,18-/m1/s1. The summed E-state index contributed by atoms with van der Waals surface area (Å²) < 4.78 is 0. The molecular weight excluding hydrogens is 368 g/mol. The molecule has 2 atom stereocenters. The van der Waals surface area contributed by atoms with Crippen LogP contribution in [0.5, 0.6) is 0 Å². The maximum Gasteiger partial charge on any atom is 0.243 e. The number of hydrogen-bond donors (Lipinski definition) is 4. The summed E-state index contributed by atoms with van der Waals surface area (Å²) in [5, 5.41) is 13.8. The number of likely N-dealkylation sites (tertiary alicyclic amines) is 1. The van der Waals surface area contributed by atoms with E-state index in [4.69, 9.17) is 11.1 Å². The number of hydrogen-bond acceptors (Lipinski definition) is 5. The number of nitrogen functional groups attached to an aromatic ring is 1. The molecule has 2 fully saturated rings. The number of rotatable bonds is 7. The number of nitrogens with one attached hydrogen (secondary N) is 3. The van der Waals surface area contributed by atoms with Gasteiger partial charge in [0.1, 0.15) is 17.6 Å². The lowest BCUT2D eigenvalue weighted by atomic mass is 9.95. The van der Waals surface area contributed by atoms with Crippen LogP contribution in [0, 0.1) is 5.41 Å². The molecule has 0 radical (unpaired) electrons. The van der Waals surface area contributed by atoms with Crippen LogP contribution in [-0.4, -0.2) is 52.2 Å². The van der Waals surface area contributed by atoms with Crippen molar-refractivity contribution in [3.63, 3.8) is 0 Å². The Bertz CT molecular complexity index is 729. The van der Waals surface area contributed by atoms with Crippen LogP contribution in [0.3, 0.4) is 0 Å². The predicted molar refractivity (Wildman–Crippen MR) is 111 cm³/mol. The van der Waals surface area contributed by atoms with Crippen LogP contribution in [0.4, 0.5) is 0 Å². The third kappa shape index (κ3) is 5.53. The molecule has 1 aliphatic carbocycles. The molecule has 1 aromatic heterocycles. The smallest absolute Gasteiger partial charge is 0.243 e. The average molecular weight is 401 g/mol. The number of carbonyl (C=O) groups is 2. The van der Waals surface area contributed by atoms with Crippen LogP contribution in [0.15, 0.2) is 18.3 Å². The largest absolute Gasteiger partial charge is 0.382 e. The van der Waals surface area contributed by atoms with Crippen LogP contribution < -0.4 is 16.4 Å². The molecule has 2 aliphatic rings. The van der Waals surface area contributed by atoms with Gasteiger partial charge in [-0.05, 0) is 44.2 Å². The average Bonchev–Trinajstić information content (AvgIpc) is 3.22. The number of nitrogens with two attached hydrogens (primary N) is 1. The minimum absolute atomic E-state index is 0.0145. The van der Waals surface area contributed by atoms with Crippen LogP contribution in [0.1, 0.15) is 63.1 Å². The zero-order valence-electron chi connectivity index (χ0n) is 17.1. The molecule has 1 saturated heterocycles. The van der Waals surface area contributed by atoms with Crippen LogP contribution in [-0.2, 0) is 16.1 Å². The molecule has 1 saturated carbocycles. The first-order chi connectivity index (χ1) is 14.0. The molecule has 0 bridgehead atoms. The second kappa shape index (κ2) is 9.82. The van der Waals surface area contributed by atoms with Gasteiger partial charge >= 0.3 is 0 Å². The van der Waals surface area contributed by atoms with Crippen LogP contribution >= 0.6 is 0 Å². The molecule has 1 aromatic rings. The van der Waals surface area contributed by atoms with Gasteiger partial charge < -0.3 is 21.3 Å². The molecular formula is C21H32N6O2. The summed E-state index contributed by atoms with van der Waals surface area (Å²) in [5.41, 5.74) is 6.64. The van der Waals surface area contributed by atoms with E-state index in [-0.39, 0.29) is 23.7 Å². The molecule has 1 unspecified atom stereocenters. The highest BCUT2D eigenvalue weighted by atomic mass is 16.2. The molecule has 8 heteroatoms. The van der Waals surface area contributed by atoms with E-state index in [2.05, 4.69) is 15.6 Å². The van der Waals surface area contributed by atoms with Gasteiger partial charge in [-0.2, -0.15) is 0 Å². The molecule has 2 heterocycles. The van der Waals surface area contributed by atoms with Crippen molar-refractivity contribution in [3.05, 3.63) is 29.6 Å². The number of nitrogens with zero attached hydrogens (tertiary/aromatic N) is 2. The van der Waals surface area contributed by atoms with Gasteiger partial charge in [-0.3, -0.25) is 20.0 Å². The van der Waals surface area contributed by atoms with Crippen LogP contribution in [0.25, 0.3) is 0 Å². The summed E-state index contributed by atoms with van der Waals surface area (Å²) in [6, 6.07) is 3.17. The van der Waals surface area contributed by atoms with Crippen molar-refractivity contribution in [1.29, 1.82) is 5.41 Å². The third-order valence-electron chi connectivity index (χ3n) is 5.87. The van der Waals surface area contributed by atoms with E-state index in [0.717, 1.165) is 24.8 Å². The van der Waals surface area contributed by atoms with Crippen molar-refractivity contribution in [2.45, 2.75) is 76.5 Å². The van der Waals surface area contributed by atoms with E-state index in [1.54, 1.807) is 23.2 Å². The second-order valence-corrected chi connectivity index (χ2v) is 8.10. The fourth-order valence-corrected chi connectivity index (χ4v) is 4.24. The summed E-state index contributed by atoms with van der Waals surface area (Å²) in [6.07, 6.45) is 9.10. The molecule has 29 heavy (non-hydrogen) atoms. The normalized spacial score (nSPS) is 21.0. The van der Waals surface area contributed by atoms with Gasteiger partial charge in [-0.25, -0.2) is 0 Å². The highest BCUT2D eigenvalue weighted by Gasteiger charge is 2.36. The Morgan fingerprint density at radius 1 is 1.24 bits per heavy atom. The number of amides is 2. The second-order valence-electron chi connectivity index (χ2n) is 8.10. The maximum atomic E-state index is 13.0. The Balaban J connectivity index is 1.52. The van der Waals surface area contributed by atoms with Crippen molar-refractivity contribution in [3.8, 4) is 0 Å². The van der Waals surface area contributed by atoms with Gasteiger partial charge in [0.2, 0.25) is 11.8 Å². The van der Waals surface area contributed by atoms with E-state index in [0.29, 0.717) is 31.2 Å². The third-order valence-corrected chi connectivity index (χ3v) is 5.87. The van der Waals surface area contributed by atoms with Gasteiger partial charge in [-0.15, -0.1) is 0 Å². The first-order valence-electron chi connectivity index (χ1n) is 10.6. The first-order valence-corrected chi connectivity index (χ1v) is 10.6. The lowest BCUT2D eigenvalue weighted by molar-refractivity contribution is -0.140. The van der Waals surface area contributed by atoms with Gasteiger partial charge in [0.05, 0.1) is 6.04 Å². The predicted octanol–water partition coefficient (Wildman–Crippen LogP) is 1.28. The van der Waals surface area contributed by atoms with Gasteiger partial charge in [0, 0.05) is 25.3 Å². The quantitative estimate of drug-likeness (QED) is 0.405. The Hall–Kier alpha value is -2.48. The Labute approximate surface area is 172 Å². The Kier molecular flexibility index (Phi) is 7.19. The minimum atomic E-state index is -0.414. The van der Waals surface area contributed by atoms with Gasteiger partial charge in [-0.1, -0.05) is 25.3 Å². The Morgan fingerprint density at radius 3 is 2.66 bits per heavy atom. The van der Waals surface area contributed by atoms with Crippen molar-refractivity contribution in [2.75, 3.05) is 6.54 Å². The van der Waals surface area contributed by atoms with E-state index in [9.17, 15) is 9.59 Å². The SMILES string of the molecule is CC(NC1CCCCC1)C(=O)N1CCC[C@@H]1C(=O)NCc1ccc(C(=N)N)nc1. The zero-order chi connectivity index (χ0) is 20.8. The fourth-order valence-electron chi connectivity index (χ4n) is 4.24. The monoisotopic (exact) mass is 400 g/mol. The lowest BCUT2D eigenvalue weighted by Crippen LogP contribution is -2.53. The van der Waals surface area contributed by atoms with E-state index >= 15 is 0 Å². The van der Waals surface area contributed by atoms with Crippen molar-refractivity contribution < 1.29 is 9.59 Å². The zero-order valence-corrected chi connectivity index (χ0v) is 17.1. The summed E-state index contributed by atoms with van der Waals surface area (Å²) in [7, 11) is 0. The molecule has 3 rings (SSSR count). The number of amidine groups is 1. The summed E-state index contributed by atoms with van der Waals surface area (Å²) in [4.78, 5) is 31.5. The summed E-state index contributed by atoms with van der Waals surface area (Å²) in [6.45, 7) is 2.87. The number of pyridine rings is 1. The summed E-state index contributed by atoms with van der Waals surface area (Å²) in [5.74, 6) is -0.200. The fraction of sp³-hybridized carbons (Fsp3) is 0.619. The number of aromatic nitrogens is 1. The molecule has 0 spiro atoms.